The van der Waals surface area contributed by atoms with Crippen LogP contribution in [-0.2, 0) is 14.8 Å². The minimum absolute atomic E-state index is 0.131. The fraction of sp³-hybridized carbons (Fsp3) is 0.462. The Morgan fingerprint density at radius 2 is 2.14 bits per heavy atom. The number of carbonyl (C=O) groups is 1. The molecule has 8 heteroatoms. The molecule has 0 saturated heterocycles. The first-order valence-electron chi connectivity index (χ1n) is 6.62. The zero-order valence-corrected chi connectivity index (χ0v) is 14.0. The van der Waals surface area contributed by atoms with E-state index in [1.807, 2.05) is 0 Å². The van der Waals surface area contributed by atoms with Crippen LogP contribution in [0.25, 0.3) is 0 Å². The van der Waals surface area contributed by atoms with Gasteiger partial charge in [0.15, 0.2) is 0 Å². The highest BCUT2D eigenvalue weighted by Crippen LogP contribution is 2.31. The first kappa shape index (κ1) is 16.4. The van der Waals surface area contributed by atoms with Crippen LogP contribution in [-0.4, -0.2) is 26.9 Å². The SMILES string of the molecule is CC(=O)Nc1ccc(S(=O)(=O)NCC(N)C2CC2)cc1Br. The van der Waals surface area contributed by atoms with Crippen LogP contribution in [0.5, 0.6) is 0 Å². The van der Waals surface area contributed by atoms with Gasteiger partial charge in [-0.3, -0.25) is 4.79 Å². The van der Waals surface area contributed by atoms with Crippen LogP contribution in [0.15, 0.2) is 27.6 Å². The Morgan fingerprint density at radius 1 is 1.48 bits per heavy atom. The van der Waals surface area contributed by atoms with Crippen molar-refractivity contribution in [1.29, 1.82) is 0 Å². The lowest BCUT2D eigenvalue weighted by Gasteiger charge is -2.13. The molecular weight excluding hydrogens is 358 g/mol. The van der Waals surface area contributed by atoms with Crippen molar-refractivity contribution >= 4 is 37.5 Å². The van der Waals surface area contributed by atoms with Crippen molar-refractivity contribution in [2.24, 2.45) is 11.7 Å². The van der Waals surface area contributed by atoms with Crippen LogP contribution >= 0.6 is 15.9 Å². The van der Waals surface area contributed by atoms with Gasteiger partial charge in [0.05, 0.1) is 10.6 Å². The monoisotopic (exact) mass is 375 g/mol. The average Bonchev–Trinajstić information content (AvgIpc) is 3.22. The van der Waals surface area contributed by atoms with Crippen molar-refractivity contribution in [2.75, 3.05) is 11.9 Å². The van der Waals surface area contributed by atoms with Gasteiger partial charge in [-0.15, -0.1) is 0 Å². The molecule has 1 amide bonds. The van der Waals surface area contributed by atoms with Crippen LogP contribution in [0.4, 0.5) is 5.69 Å². The molecule has 0 spiro atoms. The number of benzene rings is 1. The predicted octanol–water partition coefficient (Wildman–Crippen LogP) is 1.42. The zero-order valence-electron chi connectivity index (χ0n) is 11.6. The van der Waals surface area contributed by atoms with Gasteiger partial charge in [-0.25, -0.2) is 13.1 Å². The molecule has 116 valence electrons. The summed E-state index contributed by atoms with van der Waals surface area (Å²) in [4.78, 5) is 11.1. The second-order valence-electron chi connectivity index (χ2n) is 5.18. The molecule has 2 rings (SSSR count). The first-order valence-corrected chi connectivity index (χ1v) is 8.89. The van der Waals surface area contributed by atoms with Crippen molar-refractivity contribution in [3.05, 3.63) is 22.7 Å². The summed E-state index contributed by atoms with van der Waals surface area (Å²) in [6, 6.07) is 4.31. The first-order chi connectivity index (χ1) is 9.79. The van der Waals surface area contributed by atoms with E-state index in [0.29, 0.717) is 16.1 Å². The maximum absolute atomic E-state index is 12.2. The summed E-state index contributed by atoms with van der Waals surface area (Å²) >= 11 is 3.25. The smallest absolute Gasteiger partial charge is 0.240 e. The number of hydrogen-bond acceptors (Lipinski definition) is 4. The molecule has 1 fully saturated rings. The van der Waals surface area contributed by atoms with Gasteiger partial charge in [-0.2, -0.15) is 0 Å². The molecule has 4 N–H and O–H groups in total. The Kier molecular flexibility index (Phi) is 5.03. The molecule has 1 aliphatic carbocycles. The topological polar surface area (TPSA) is 101 Å². The molecular formula is C13H18BrN3O3S. The molecule has 1 atom stereocenters. The molecule has 1 unspecified atom stereocenters. The van der Waals surface area contributed by atoms with Gasteiger partial charge < -0.3 is 11.1 Å². The highest BCUT2D eigenvalue weighted by Gasteiger charge is 2.29. The summed E-state index contributed by atoms with van der Waals surface area (Å²) in [5.41, 5.74) is 6.41. The summed E-state index contributed by atoms with van der Waals surface area (Å²) in [6.45, 7) is 1.62. The summed E-state index contributed by atoms with van der Waals surface area (Å²) in [6.07, 6.45) is 2.14. The number of halogens is 1. The van der Waals surface area contributed by atoms with Crippen LogP contribution < -0.4 is 15.8 Å². The van der Waals surface area contributed by atoms with Crippen molar-refractivity contribution in [3.8, 4) is 0 Å². The van der Waals surface area contributed by atoms with Gasteiger partial charge in [-0.1, -0.05) is 0 Å². The number of hydrogen-bond donors (Lipinski definition) is 3. The van der Waals surface area contributed by atoms with E-state index in [0.717, 1.165) is 12.8 Å². The Balaban J connectivity index is 2.08. The van der Waals surface area contributed by atoms with Crippen LogP contribution in [0, 0.1) is 5.92 Å². The molecule has 0 heterocycles. The van der Waals surface area contributed by atoms with E-state index in [1.54, 1.807) is 6.07 Å². The minimum Gasteiger partial charge on any atom is -0.326 e. The van der Waals surface area contributed by atoms with E-state index < -0.39 is 10.0 Å². The number of anilines is 1. The van der Waals surface area contributed by atoms with Crippen molar-refractivity contribution in [3.63, 3.8) is 0 Å². The van der Waals surface area contributed by atoms with E-state index >= 15 is 0 Å². The average molecular weight is 376 g/mol. The molecule has 0 aliphatic heterocycles. The normalized spacial score (nSPS) is 16.5. The van der Waals surface area contributed by atoms with E-state index in [2.05, 4.69) is 26.0 Å². The summed E-state index contributed by atoms with van der Waals surface area (Å²) in [7, 11) is -3.60. The van der Waals surface area contributed by atoms with Gasteiger partial charge in [-0.05, 0) is 52.9 Å². The molecule has 6 nitrogen and oxygen atoms in total. The highest BCUT2D eigenvalue weighted by atomic mass is 79.9. The number of carbonyl (C=O) groups excluding carboxylic acids is 1. The third-order valence-electron chi connectivity index (χ3n) is 3.30. The molecule has 21 heavy (non-hydrogen) atoms. The summed E-state index contributed by atoms with van der Waals surface area (Å²) < 4.78 is 27.4. The fourth-order valence-electron chi connectivity index (χ4n) is 1.93. The zero-order chi connectivity index (χ0) is 15.6. The summed E-state index contributed by atoms with van der Waals surface area (Å²) in [5.74, 6) is 0.210. The number of nitrogens with two attached hydrogens (primary N) is 1. The molecule has 0 aromatic heterocycles. The Hall–Kier alpha value is -0.960. The molecule has 0 bridgehead atoms. The molecule has 0 radical (unpaired) electrons. The maximum atomic E-state index is 12.2. The number of amides is 1. The van der Waals surface area contributed by atoms with Gasteiger partial charge >= 0.3 is 0 Å². The Labute approximate surface area is 132 Å². The van der Waals surface area contributed by atoms with Gasteiger partial charge in [0.2, 0.25) is 15.9 Å². The quantitative estimate of drug-likeness (QED) is 0.699. The van der Waals surface area contributed by atoms with E-state index in [-0.39, 0.29) is 23.4 Å². The maximum Gasteiger partial charge on any atom is 0.240 e. The summed E-state index contributed by atoms with van der Waals surface area (Å²) in [5, 5.41) is 2.60. The second kappa shape index (κ2) is 6.43. The lowest BCUT2D eigenvalue weighted by molar-refractivity contribution is -0.114. The van der Waals surface area contributed by atoms with Gasteiger partial charge in [0.25, 0.3) is 0 Å². The predicted molar refractivity (Wildman–Crippen MR) is 84.3 cm³/mol. The van der Waals surface area contributed by atoms with Crippen molar-refractivity contribution < 1.29 is 13.2 Å². The Morgan fingerprint density at radius 3 is 2.67 bits per heavy atom. The largest absolute Gasteiger partial charge is 0.326 e. The van der Waals surface area contributed by atoms with Crippen LogP contribution in [0.2, 0.25) is 0 Å². The second-order valence-corrected chi connectivity index (χ2v) is 7.80. The lowest BCUT2D eigenvalue weighted by Crippen LogP contribution is -2.38. The lowest BCUT2D eigenvalue weighted by atomic mass is 10.2. The molecule has 1 saturated carbocycles. The standard InChI is InChI=1S/C13H18BrN3O3S/c1-8(18)17-13-5-4-10(6-11(13)14)21(19,20)16-7-12(15)9-2-3-9/h4-6,9,12,16H,2-3,7,15H2,1H3,(H,17,18). The number of nitrogens with one attached hydrogen (secondary N) is 2. The minimum atomic E-state index is -3.60. The fourth-order valence-corrected chi connectivity index (χ4v) is 3.66. The number of rotatable bonds is 6. The van der Waals surface area contributed by atoms with Gasteiger partial charge in [0.1, 0.15) is 0 Å². The number of sulfonamides is 1. The van der Waals surface area contributed by atoms with Gasteiger partial charge in [0, 0.05) is 24.0 Å². The Bertz CT molecular complexity index is 644. The highest BCUT2D eigenvalue weighted by molar-refractivity contribution is 9.10. The van der Waals surface area contributed by atoms with Crippen molar-refractivity contribution in [1.82, 2.24) is 4.72 Å². The van der Waals surface area contributed by atoms with Crippen molar-refractivity contribution in [2.45, 2.75) is 30.7 Å². The molecule has 1 aromatic carbocycles. The third kappa shape index (κ3) is 4.50. The van der Waals surface area contributed by atoms with E-state index in [9.17, 15) is 13.2 Å². The third-order valence-corrected chi connectivity index (χ3v) is 5.38. The van der Waals surface area contributed by atoms with E-state index in [4.69, 9.17) is 5.73 Å². The van der Waals surface area contributed by atoms with Crippen LogP contribution in [0.3, 0.4) is 0 Å². The molecule has 1 aromatic rings. The molecule has 1 aliphatic rings. The van der Waals surface area contributed by atoms with E-state index in [1.165, 1.54) is 19.1 Å². The van der Waals surface area contributed by atoms with Crippen LogP contribution in [0.1, 0.15) is 19.8 Å².